The summed E-state index contributed by atoms with van der Waals surface area (Å²) in [5.74, 6) is 1.42. The summed E-state index contributed by atoms with van der Waals surface area (Å²) >= 11 is 5.33. The third-order valence-corrected chi connectivity index (χ3v) is 4.38. The van der Waals surface area contributed by atoms with Crippen LogP contribution in [0.5, 0.6) is 11.5 Å². The van der Waals surface area contributed by atoms with Gasteiger partial charge in [-0.25, -0.2) is 0 Å². The predicted octanol–water partition coefficient (Wildman–Crippen LogP) is 3.22. The Kier molecular flexibility index (Phi) is 7.43. The third kappa shape index (κ3) is 5.86. The summed E-state index contributed by atoms with van der Waals surface area (Å²) in [5.41, 5.74) is 2.82. The Morgan fingerprint density at radius 3 is 2.33 bits per heavy atom. The van der Waals surface area contributed by atoms with Crippen LogP contribution in [0.15, 0.2) is 42.5 Å². The number of thiocarbonyl (C=S) groups is 1. The lowest BCUT2D eigenvalue weighted by molar-refractivity contribution is -0.116. The van der Waals surface area contributed by atoms with E-state index in [2.05, 4.69) is 10.6 Å². The molecule has 0 aliphatic rings. The number of carbonyl (C=O) groups excluding carboxylic acids is 1. The number of rotatable bonds is 7. The molecule has 0 aliphatic heterocycles. The highest BCUT2D eigenvalue weighted by atomic mass is 32.1. The van der Waals surface area contributed by atoms with E-state index in [1.54, 1.807) is 26.2 Å². The molecule has 0 radical (unpaired) electrons. The Labute approximate surface area is 165 Å². The zero-order valence-corrected chi connectivity index (χ0v) is 16.9. The maximum atomic E-state index is 11.4. The van der Waals surface area contributed by atoms with Gasteiger partial charge in [0.05, 0.1) is 14.2 Å². The maximum absolute atomic E-state index is 11.4. The van der Waals surface area contributed by atoms with Crippen molar-refractivity contribution >= 4 is 34.6 Å². The van der Waals surface area contributed by atoms with Crippen LogP contribution >= 0.6 is 12.2 Å². The number of carbonyl (C=O) groups is 1. The molecule has 0 saturated heterocycles. The van der Waals surface area contributed by atoms with Gasteiger partial charge >= 0.3 is 0 Å². The van der Waals surface area contributed by atoms with Crippen molar-refractivity contribution in [3.05, 3.63) is 48.0 Å². The van der Waals surface area contributed by atoms with Gasteiger partial charge in [-0.1, -0.05) is 6.07 Å². The van der Waals surface area contributed by atoms with Crippen LogP contribution < -0.4 is 25.0 Å². The Balaban J connectivity index is 1.83. The first kappa shape index (κ1) is 20.5. The van der Waals surface area contributed by atoms with Crippen molar-refractivity contribution in [3.63, 3.8) is 0 Å². The number of anilines is 2. The number of benzene rings is 2. The normalized spacial score (nSPS) is 10.1. The van der Waals surface area contributed by atoms with Crippen LogP contribution in [0.25, 0.3) is 0 Å². The first-order chi connectivity index (χ1) is 12.9. The topological polar surface area (TPSA) is 62.8 Å². The Morgan fingerprint density at radius 1 is 1.07 bits per heavy atom. The first-order valence-electron chi connectivity index (χ1n) is 8.54. The average molecular weight is 388 g/mol. The molecule has 6 nitrogen and oxygen atoms in total. The van der Waals surface area contributed by atoms with E-state index >= 15 is 0 Å². The van der Waals surface area contributed by atoms with Gasteiger partial charge in [0.1, 0.15) is 0 Å². The van der Waals surface area contributed by atoms with E-state index in [0.717, 1.165) is 23.4 Å². The molecule has 144 valence electrons. The second-order valence-electron chi connectivity index (χ2n) is 5.95. The summed E-state index contributed by atoms with van der Waals surface area (Å²) in [5, 5.41) is 6.87. The third-order valence-electron chi connectivity index (χ3n) is 4.13. The zero-order valence-electron chi connectivity index (χ0n) is 16.0. The largest absolute Gasteiger partial charge is 0.493 e. The van der Waals surface area contributed by atoms with E-state index in [4.69, 9.17) is 21.7 Å². The number of ether oxygens (including phenoxy) is 2. The smallest absolute Gasteiger partial charge is 0.223 e. The van der Waals surface area contributed by atoms with Gasteiger partial charge in [0.25, 0.3) is 0 Å². The molecule has 27 heavy (non-hydrogen) atoms. The molecule has 0 fully saturated rings. The van der Waals surface area contributed by atoms with Crippen molar-refractivity contribution < 1.29 is 14.3 Å². The summed E-state index contributed by atoms with van der Waals surface area (Å²) in [6, 6.07) is 13.4. The second-order valence-corrected chi connectivity index (χ2v) is 6.35. The zero-order chi connectivity index (χ0) is 19.8. The molecule has 0 atom stereocenters. The molecule has 2 aromatic carbocycles. The molecule has 7 heteroatoms. The van der Waals surface area contributed by atoms with Gasteiger partial charge in [-0.2, -0.15) is 0 Å². The van der Waals surface area contributed by atoms with Gasteiger partial charge in [0.2, 0.25) is 5.91 Å². The van der Waals surface area contributed by atoms with Crippen LogP contribution in [0.2, 0.25) is 0 Å². The average Bonchev–Trinajstić information content (AvgIpc) is 2.67. The van der Waals surface area contributed by atoms with Crippen LogP contribution in [0.3, 0.4) is 0 Å². The summed E-state index contributed by atoms with van der Waals surface area (Å²) in [4.78, 5) is 13.0. The number of nitrogens with zero attached hydrogens (tertiary/aromatic N) is 1. The first-order valence-corrected chi connectivity index (χ1v) is 8.95. The van der Waals surface area contributed by atoms with Gasteiger partial charge in [-0.15, -0.1) is 0 Å². The minimum Gasteiger partial charge on any atom is -0.493 e. The van der Waals surface area contributed by atoms with Crippen molar-refractivity contribution in [2.45, 2.75) is 13.3 Å². The van der Waals surface area contributed by atoms with Gasteiger partial charge in [0, 0.05) is 31.9 Å². The Morgan fingerprint density at radius 2 is 1.74 bits per heavy atom. The molecule has 0 heterocycles. The van der Waals surface area contributed by atoms with Crippen molar-refractivity contribution in [1.82, 2.24) is 5.32 Å². The highest BCUT2D eigenvalue weighted by molar-refractivity contribution is 7.80. The van der Waals surface area contributed by atoms with Crippen LogP contribution in [0, 0.1) is 0 Å². The lowest BCUT2D eigenvalue weighted by Gasteiger charge is -2.16. The van der Waals surface area contributed by atoms with Gasteiger partial charge < -0.3 is 25.0 Å². The second kappa shape index (κ2) is 9.78. The molecule has 0 aromatic heterocycles. The lowest BCUT2D eigenvalue weighted by Crippen LogP contribution is -2.30. The lowest BCUT2D eigenvalue weighted by atomic mass is 10.1. The molecular weight excluding hydrogens is 362 g/mol. The number of hydrogen-bond donors (Lipinski definition) is 2. The standard InChI is InChI=1S/C20H25N3O3S/c1-14(24)23(2)17-8-6-16(7-9-17)22-20(27)21-12-11-15-5-10-18(25-3)19(13-15)26-4/h5-10,13H,11-12H2,1-4H3,(H2,21,22,27). The van der Waals surface area contributed by atoms with Crippen molar-refractivity contribution in [2.75, 3.05) is 38.0 Å². The van der Waals surface area contributed by atoms with Gasteiger partial charge in [-0.05, 0) is 60.6 Å². The van der Waals surface area contributed by atoms with Crippen molar-refractivity contribution in [1.29, 1.82) is 0 Å². The molecule has 2 N–H and O–H groups in total. The molecule has 1 amide bonds. The Hall–Kier alpha value is -2.80. The van der Waals surface area contributed by atoms with E-state index in [1.165, 1.54) is 6.92 Å². The summed E-state index contributed by atoms with van der Waals surface area (Å²) in [7, 11) is 4.98. The van der Waals surface area contributed by atoms with E-state index in [1.807, 2.05) is 42.5 Å². The molecule has 0 bridgehead atoms. The van der Waals surface area contributed by atoms with Crippen LogP contribution in [-0.2, 0) is 11.2 Å². The van der Waals surface area contributed by atoms with Gasteiger partial charge in [0.15, 0.2) is 16.6 Å². The fraction of sp³-hybridized carbons (Fsp3) is 0.300. The monoisotopic (exact) mass is 387 g/mol. The molecule has 0 saturated carbocycles. The summed E-state index contributed by atoms with van der Waals surface area (Å²) < 4.78 is 10.6. The SMILES string of the molecule is COc1ccc(CCNC(=S)Nc2ccc(N(C)C(C)=O)cc2)cc1OC. The molecule has 2 aromatic rings. The van der Waals surface area contributed by atoms with E-state index in [9.17, 15) is 4.79 Å². The number of nitrogens with one attached hydrogen (secondary N) is 2. The summed E-state index contributed by atoms with van der Waals surface area (Å²) in [6.07, 6.45) is 0.796. The van der Waals surface area contributed by atoms with Crippen molar-refractivity contribution in [2.24, 2.45) is 0 Å². The molecule has 2 rings (SSSR count). The predicted molar refractivity (Wildman–Crippen MR) is 113 cm³/mol. The molecule has 0 spiro atoms. The molecular formula is C20H25N3O3S. The number of methoxy groups -OCH3 is 2. The minimum atomic E-state index is -0.0111. The molecule has 0 unspecified atom stereocenters. The number of amides is 1. The summed E-state index contributed by atoms with van der Waals surface area (Å²) in [6.45, 7) is 2.22. The number of hydrogen-bond acceptors (Lipinski definition) is 4. The van der Waals surface area contributed by atoms with E-state index in [-0.39, 0.29) is 5.91 Å². The van der Waals surface area contributed by atoms with Crippen LogP contribution in [0.1, 0.15) is 12.5 Å². The van der Waals surface area contributed by atoms with E-state index < -0.39 is 0 Å². The van der Waals surface area contributed by atoms with Crippen LogP contribution in [0.4, 0.5) is 11.4 Å². The fourth-order valence-corrected chi connectivity index (χ4v) is 2.70. The van der Waals surface area contributed by atoms with Crippen LogP contribution in [-0.4, -0.2) is 38.8 Å². The van der Waals surface area contributed by atoms with E-state index in [0.29, 0.717) is 23.2 Å². The highest BCUT2D eigenvalue weighted by Gasteiger charge is 2.06. The Bertz CT molecular complexity index is 794. The quantitative estimate of drug-likeness (QED) is 0.712. The fourth-order valence-electron chi connectivity index (χ4n) is 2.48. The van der Waals surface area contributed by atoms with Crippen molar-refractivity contribution in [3.8, 4) is 11.5 Å². The van der Waals surface area contributed by atoms with Gasteiger partial charge in [-0.3, -0.25) is 4.79 Å². The maximum Gasteiger partial charge on any atom is 0.223 e. The minimum absolute atomic E-state index is 0.0111. The highest BCUT2D eigenvalue weighted by Crippen LogP contribution is 2.27. The molecule has 0 aliphatic carbocycles.